The molecule has 1 aromatic heterocycles. The van der Waals surface area contributed by atoms with Crippen molar-refractivity contribution in [3.05, 3.63) is 23.9 Å². The number of aromatic nitrogens is 1. The summed E-state index contributed by atoms with van der Waals surface area (Å²) >= 11 is 0. The number of anilines is 1. The molecular weight excluding hydrogens is 218 g/mol. The van der Waals surface area contributed by atoms with E-state index in [2.05, 4.69) is 15.6 Å². The van der Waals surface area contributed by atoms with Crippen LogP contribution in [0.15, 0.2) is 18.3 Å². The molecule has 0 aliphatic rings. The van der Waals surface area contributed by atoms with Crippen LogP contribution in [0.4, 0.5) is 5.82 Å². The van der Waals surface area contributed by atoms with Crippen LogP contribution in [-0.4, -0.2) is 29.7 Å². The van der Waals surface area contributed by atoms with Gasteiger partial charge in [0, 0.05) is 19.3 Å². The van der Waals surface area contributed by atoms with Crippen LogP contribution in [-0.2, 0) is 11.3 Å². The zero-order valence-corrected chi connectivity index (χ0v) is 10.7. The summed E-state index contributed by atoms with van der Waals surface area (Å²) in [6.45, 7) is 5.18. The molecule has 0 unspecified atom stereocenters. The largest absolute Gasteiger partial charge is 0.481 e. The molecule has 0 fully saturated rings. The zero-order chi connectivity index (χ0) is 13.1. The Bertz CT molecular complexity index is 312. The molecule has 0 bridgehead atoms. The molecule has 0 saturated heterocycles. The number of carbonyl (C=O) groups is 1. The van der Waals surface area contributed by atoms with Gasteiger partial charge in [-0.05, 0) is 18.7 Å². The lowest BCUT2D eigenvalue weighted by Crippen LogP contribution is -2.09. The summed E-state index contributed by atoms with van der Waals surface area (Å²) in [5.74, 6) is -0.106. The minimum absolute atomic E-state index is 0.0972. The second-order valence-electron chi connectivity index (χ2n) is 3.15. The Morgan fingerprint density at radius 3 is 2.59 bits per heavy atom. The molecule has 3 N–H and O–H groups in total. The molecule has 0 radical (unpaired) electrons. The standard InChI is InChI=1S/C10H15N3O2.C2H6/c1-11-6-8-2-3-9(13-7-8)12-5-4-10(14)15;1-2/h2-3,7,11H,4-6H2,1H3,(H,12,13)(H,14,15);1-2H3. The van der Waals surface area contributed by atoms with Crippen molar-refractivity contribution >= 4 is 11.8 Å². The summed E-state index contributed by atoms with van der Waals surface area (Å²) in [6.07, 6.45) is 1.86. The number of pyridine rings is 1. The van der Waals surface area contributed by atoms with Crippen molar-refractivity contribution in [2.24, 2.45) is 0 Å². The van der Waals surface area contributed by atoms with Gasteiger partial charge in [0.25, 0.3) is 0 Å². The molecular formula is C12H21N3O2. The van der Waals surface area contributed by atoms with Crippen LogP contribution in [0.3, 0.4) is 0 Å². The Balaban J connectivity index is 0.00000121. The maximum Gasteiger partial charge on any atom is 0.305 e. The second-order valence-corrected chi connectivity index (χ2v) is 3.15. The van der Waals surface area contributed by atoms with Crippen LogP contribution in [0, 0.1) is 0 Å². The fourth-order valence-electron chi connectivity index (χ4n) is 1.14. The minimum Gasteiger partial charge on any atom is -0.481 e. The third kappa shape index (κ3) is 7.30. The van der Waals surface area contributed by atoms with E-state index in [9.17, 15) is 4.79 Å². The predicted molar refractivity (Wildman–Crippen MR) is 69.1 cm³/mol. The third-order valence-corrected chi connectivity index (χ3v) is 1.85. The van der Waals surface area contributed by atoms with Gasteiger partial charge in [-0.15, -0.1) is 0 Å². The lowest BCUT2D eigenvalue weighted by Gasteiger charge is -2.04. The van der Waals surface area contributed by atoms with Crippen LogP contribution >= 0.6 is 0 Å². The highest BCUT2D eigenvalue weighted by molar-refractivity contribution is 5.67. The molecule has 17 heavy (non-hydrogen) atoms. The molecule has 1 rings (SSSR count). The summed E-state index contributed by atoms with van der Waals surface area (Å²) in [4.78, 5) is 14.4. The van der Waals surface area contributed by atoms with Crippen molar-refractivity contribution in [2.75, 3.05) is 18.9 Å². The fourth-order valence-corrected chi connectivity index (χ4v) is 1.14. The fraction of sp³-hybridized carbons (Fsp3) is 0.500. The number of rotatable bonds is 6. The number of hydrogen-bond donors (Lipinski definition) is 3. The highest BCUT2D eigenvalue weighted by Gasteiger charge is 1.97. The molecule has 0 spiro atoms. The number of aliphatic carboxylic acids is 1. The Morgan fingerprint density at radius 1 is 1.41 bits per heavy atom. The van der Waals surface area contributed by atoms with Gasteiger partial charge in [0.2, 0.25) is 0 Å². The van der Waals surface area contributed by atoms with Gasteiger partial charge in [-0.3, -0.25) is 4.79 Å². The highest BCUT2D eigenvalue weighted by atomic mass is 16.4. The topological polar surface area (TPSA) is 74.2 Å². The summed E-state index contributed by atoms with van der Waals surface area (Å²) < 4.78 is 0. The van der Waals surface area contributed by atoms with Crippen molar-refractivity contribution in [1.29, 1.82) is 0 Å². The van der Waals surface area contributed by atoms with E-state index in [4.69, 9.17) is 5.11 Å². The monoisotopic (exact) mass is 239 g/mol. The lowest BCUT2D eigenvalue weighted by molar-refractivity contribution is -0.136. The minimum atomic E-state index is -0.811. The zero-order valence-electron chi connectivity index (χ0n) is 10.7. The molecule has 96 valence electrons. The van der Waals surface area contributed by atoms with Gasteiger partial charge in [0.15, 0.2) is 0 Å². The Morgan fingerprint density at radius 2 is 2.12 bits per heavy atom. The van der Waals surface area contributed by atoms with Crippen LogP contribution in [0.1, 0.15) is 25.8 Å². The molecule has 1 heterocycles. The SMILES string of the molecule is CC.CNCc1ccc(NCCC(=O)O)nc1. The Kier molecular flexibility index (Phi) is 8.68. The number of nitrogens with zero attached hydrogens (tertiary/aromatic N) is 1. The molecule has 5 heteroatoms. The van der Waals surface area contributed by atoms with Gasteiger partial charge >= 0.3 is 5.97 Å². The van der Waals surface area contributed by atoms with Crippen molar-refractivity contribution in [2.45, 2.75) is 26.8 Å². The normalized spacial score (nSPS) is 9.12. The highest BCUT2D eigenvalue weighted by Crippen LogP contribution is 2.04. The average Bonchev–Trinajstić information content (AvgIpc) is 2.34. The van der Waals surface area contributed by atoms with Gasteiger partial charge in [-0.1, -0.05) is 19.9 Å². The molecule has 0 aliphatic carbocycles. The lowest BCUT2D eigenvalue weighted by atomic mass is 10.3. The third-order valence-electron chi connectivity index (χ3n) is 1.85. The van der Waals surface area contributed by atoms with Crippen molar-refractivity contribution in [3.63, 3.8) is 0 Å². The van der Waals surface area contributed by atoms with Crippen LogP contribution < -0.4 is 10.6 Å². The predicted octanol–water partition coefficient (Wildman–Crippen LogP) is 1.71. The summed E-state index contributed by atoms with van der Waals surface area (Å²) in [7, 11) is 1.87. The number of nitrogens with one attached hydrogen (secondary N) is 2. The Hall–Kier alpha value is -1.62. The van der Waals surface area contributed by atoms with E-state index in [0.29, 0.717) is 12.4 Å². The second kappa shape index (κ2) is 9.59. The molecule has 0 aromatic carbocycles. The van der Waals surface area contributed by atoms with Crippen LogP contribution in [0.2, 0.25) is 0 Å². The van der Waals surface area contributed by atoms with Gasteiger partial charge in [0.05, 0.1) is 6.42 Å². The quantitative estimate of drug-likeness (QED) is 0.704. The maximum atomic E-state index is 10.3. The van der Waals surface area contributed by atoms with Gasteiger partial charge in [-0.2, -0.15) is 0 Å². The summed E-state index contributed by atoms with van der Waals surface area (Å²) in [6, 6.07) is 3.79. The first-order valence-corrected chi connectivity index (χ1v) is 5.77. The smallest absolute Gasteiger partial charge is 0.305 e. The average molecular weight is 239 g/mol. The summed E-state index contributed by atoms with van der Waals surface area (Å²) in [5, 5.41) is 14.4. The Labute approximate surface area is 102 Å². The van der Waals surface area contributed by atoms with E-state index in [1.165, 1.54) is 0 Å². The van der Waals surface area contributed by atoms with Crippen LogP contribution in [0.25, 0.3) is 0 Å². The number of hydrogen-bond acceptors (Lipinski definition) is 4. The number of carboxylic acid groups (broad SMARTS) is 1. The molecule has 0 amide bonds. The van der Waals surface area contributed by atoms with Gasteiger partial charge < -0.3 is 15.7 Å². The van der Waals surface area contributed by atoms with Crippen LogP contribution in [0.5, 0.6) is 0 Å². The van der Waals surface area contributed by atoms with E-state index in [1.54, 1.807) is 6.20 Å². The molecule has 0 aliphatic heterocycles. The molecule has 1 aromatic rings. The molecule has 0 atom stereocenters. The van der Waals surface area contributed by atoms with E-state index < -0.39 is 5.97 Å². The first-order valence-electron chi connectivity index (χ1n) is 5.77. The van der Waals surface area contributed by atoms with Crippen molar-refractivity contribution < 1.29 is 9.90 Å². The van der Waals surface area contributed by atoms with Gasteiger partial charge in [-0.25, -0.2) is 4.98 Å². The van der Waals surface area contributed by atoms with E-state index in [0.717, 1.165) is 12.1 Å². The summed E-state index contributed by atoms with van der Waals surface area (Å²) in [5.41, 5.74) is 1.10. The van der Waals surface area contributed by atoms with Crippen molar-refractivity contribution in [3.8, 4) is 0 Å². The maximum absolute atomic E-state index is 10.3. The first kappa shape index (κ1) is 15.4. The molecule has 5 nitrogen and oxygen atoms in total. The van der Waals surface area contributed by atoms with Gasteiger partial charge in [0.1, 0.15) is 5.82 Å². The van der Waals surface area contributed by atoms with E-state index in [1.807, 2.05) is 33.0 Å². The van der Waals surface area contributed by atoms with Crippen molar-refractivity contribution in [1.82, 2.24) is 10.3 Å². The van der Waals surface area contributed by atoms with E-state index in [-0.39, 0.29) is 6.42 Å². The molecule has 0 saturated carbocycles. The van der Waals surface area contributed by atoms with E-state index >= 15 is 0 Å². The first-order chi connectivity index (χ1) is 8.22. The number of carboxylic acids is 1.